The number of H-pyrrole nitrogens is 1. The monoisotopic (exact) mass is 248 g/mol. The van der Waals surface area contributed by atoms with Crippen molar-refractivity contribution in [2.45, 2.75) is 6.54 Å². The van der Waals surface area contributed by atoms with Crippen LogP contribution in [0.4, 0.5) is 5.69 Å². The van der Waals surface area contributed by atoms with Crippen molar-refractivity contribution in [2.24, 2.45) is 0 Å². The maximum absolute atomic E-state index is 11.9. The van der Waals surface area contributed by atoms with Gasteiger partial charge in [-0.05, 0) is 12.1 Å². The topological polar surface area (TPSA) is 119 Å². The summed E-state index contributed by atoms with van der Waals surface area (Å²) in [4.78, 5) is 11.9. The highest BCUT2D eigenvalue weighted by molar-refractivity contribution is 5.97. The molecule has 0 unspecified atom stereocenters. The first-order valence-corrected chi connectivity index (χ1v) is 5.14. The van der Waals surface area contributed by atoms with Crippen molar-refractivity contribution in [3.05, 3.63) is 29.6 Å². The highest BCUT2D eigenvalue weighted by Crippen LogP contribution is 2.21. The number of tetrazole rings is 1. The summed E-state index contributed by atoms with van der Waals surface area (Å²) in [6, 6.07) is 4.81. The van der Waals surface area contributed by atoms with Crippen LogP contribution in [0.3, 0.4) is 0 Å². The fourth-order valence-corrected chi connectivity index (χ4v) is 1.41. The van der Waals surface area contributed by atoms with Crippen molar-refractivity contribution in [2.75, 3.05) is 12.8 Å². The van der Waals surface area contributed by atoms with Crippen molar-refractivity contribution < 1.29 is 9.53 Å². The second kappa shape index (κ2) is 5.13. The minimum atomic E-state index is -0.295. The molecule has 0 saturated heterocycles. The minimum absolute atomic E-state index is 0.183. The van der Waals surface area contributed by atoms with Crippen LogP contribution in [-0.4, -0.2) is 33.6 Å². The van der Waals surface area contributed by atoms with Crippen LogP contribution in [0, 0.1) is 0 Å². The second-order valence-corrected chi connectivity index (χ2v) is 3.47. The van der Waals surface area contributed by atoms with Gasteiger partial charge in [0, 0.05) is 11.8 Å². The quantitative estimate of drug-likeness (QED) is 0.640. The van der Waals surface area contributed by atoms with Gasteiger partial charge in [-0.25, -0.2) is 0 Å². The average Bonchev–Trinajstić information content (AvgIpc) is 2.88. The van der Waals surface area contributed by atoms with Gasteiger partial charge in [-0.2, -0.15) is 5.21 Å². The van der Waals surface area contributed by atoms with E-state index in [4.69, 9.17) is 10.5 Å². The maximum atomic E-state index is 11.9. The molecule has 18 heavy (non-hydrogen) atoms. The molecule has 0 aliphatic rings. The number of carbonyl (C=O) groups excluding carboxylic acids is 1. The third kappa shape index (κ3) is 2.54. The molecule has 0 spiro atoms. The van der Waals surface area contributed by atoms with Crippen LogP contribution in [0.15, 0.2) is 18.2 Å². The first-order chi connectivity index (χ1) is 8.70. The molecule has 0 aliphatic carbocycles. The SMILES string of the molecule is COc1cc(N)ccc1C(=O)NCc1nn[nH]n1. The number of hydrogen-bond acceptors (Lipinski definition) is 6. The molecule has 1 aromatic carbocycles. The standard InChI is InChI=1S/C10H12N6O2/c1-18-8-4-6(11)2-3-7(8)10(17)12-5-9-13-15-16-14-9/h2-4H,5,11H2,1H3,(H,12,17)(H,13,14,15,16). The molecule has 8 heteroatoms. The van der Waals surface area contributed by atoms with Gasteiger partial charge in [0.25, 0.3) is 5.91 Å². The highest BCUT2D eigenvalue weighted by Gasteiger charge is 2.12. The third-order valence-electron chi connectivity index (χ3n) is 2.27. The normalized spacial score (nSPS) is 10.1. The maximum Gasteiger partial charge on any atom is 0.255 e. The van der Waals surface area contributed by atoms with Crippen LogP contribution < -0.4 is 15.8 Å². The molecular weight excluding hydrogens is 236 g/mol. The number of nitrogens with one attached hydrogen (secondary N) is 2. The number of carbonyl (C=O) groups is 1. The van der Waals surface area contributed by atoms with Crippen LogP contribution in [0.25, 0.3) is 0 Å². The Balaban J connectivity index is 2.09. The molecule has 1 aromatic heterocycles. The molecule has 0 saturated carbocycles. The summed E-state index contributed by atoms with van der Waals surface area (Å²) < 4.78 is 5.09. The predicted octanol–water partition coefficient (Wildman–Crippen LogP) is -0.280. The van der Waals surface area contributed by atoms with Crippen molar-refractivity contribution in [1.29, 1.82) is 0 Å². The number of benzene rings is 1. The van der Waals surface area contributed by atoms with E-state index in [9.17, 15) is 4.79 Å². The average molecular weight is 248 g/mol. The molecule has 0 fully saturated rings. The number of aromatic nitrogens is 4. The van der Waals surface area contributed by atoms with E-state index in [1.165, 1.54) is 7.11 Å². The molecular formula is C10H12N6O2. The number of nitrogens with two attached hydrogens (primary N) is 1. The predicted molar refractivity (Wildman–Crippen MR) is 62.8 cm³/mol. The molecule has 4 N–H and O–H groups in total. The lowest BCUT2D eigenvalue weighted by molar-refractivity contribution is 0.0947. The molecule has 1 amide bonds. The number of aromatic amines is 1. The molecule has 1 heterocycles. The van der Waals surface area contributed by atoms with E-state index in [2.05, 4.69) is 25.9 Å². The number of rotatable bonds is 4. The lowest BCUT2D eigenvalue weighted by Crippen LogP contribution is -2.24. The molecule has 2 rings (SSSR count). The van der Waals surface area contributed by atoms with Crippen molar-refractivity contribution in [3.63, 3.8) is 0 Å². The highest BCUT2D eigenvalue weighted by atomic mass is 16.5. The van der Waals surface area contributed by atoms with Crippen LogP contribution in [-0.2, 0) is 6.54 Å². The molecule has 0 radical (unpaired) electrons. The minimum Gasteiger partial charge on any atom is -0.496 e. The Labute approximate surface area is 103 Å². The molecule has 0 bridgehead atoms. The Bertz CT molecular complexity index is 539. The number of nitrogen functional groups attached to an aromatic ring is 1. The van der Waals surface area contributed by atoms with Crippen molar-refractivity contribution >= 4 is 11.6 Å². The summed E-state index contributed by atoms with van der Waals surface area (Å²) in [6.45, 7) is 0.183. The van der Waals surface area contributed by atoms with E-state index in [-0.39, 0.29) is 12.5 Å². The van der Waals surface area contributed by atoms with Gasteiger partial charge in [-0.1, -0.05) is 5.21 Å². The van der Waals surface area contributed by atoms with Gasteiger partial charge in [-0.15, -0.1) is 10.2 Å². The van der Waals surface area contributed by atoms with Crippen LogP contribution in [0.5, 0.6) is 5.75 Å². The van der Waals surface area contributed by atoms with Crippen LogP contribution in [0.1, 0.15) is 16.2 Å². The summed E-state index contributed by atoms with van der Waals surface area (Å²) in [6.07, 6.45) is 0. The smallest absolute Gasteiger partial charge is 0.255 e. The first kappa shape index (κ1) is 11.8. The fourth-order valence-electron chi connectivity index (χ4n) is 1.41. The summed E-state index contributed by atoms with van der Waals surface area (Å²) in [7, 11) is 1.48. The van der Waals surface area contributed by atoms with Crippen LogP contribution in [0.2, 0.25) is 0 Å². The number of hydrogen-bond donors (Lipinski definition) is 3. The molecule has 0 atom stereocenters. The number of methoxy groups -OCH3 is 1. The summed E-state index contributed by atoms with van der Waals surface area (Å²) in [5.41, 5.74) is 6.54. The number of anilines is 1. The van der Waals surface area contributed by atoms with Gasteiger partial charge >= 0.3 is 0 Å². The Kier molecular flexibility index (Phi) is 3.37. The lowest BCUT2D eigenvalue weighted by Gasteiger charge is -2.08. The Morgan fingerprint density at radius 1 is 1.56 bits per heavy atom. The van der Waals surface area contributed by atoms with Gasteiger partial charge in [0.05, 0.1) is 19.2 Å². The second-order valence-electron chi connectivity index (χ2n) is 3.47. The first-order valence-electron chi connectivity index (χ1n) is 5.14. The van der Waals surface area contributed by atoms with Gasteiger partial charge in [0.1, 0.15) is 5.75 Å². The Morgan fingerprint density at radius 2 is 2.39 bits per heavy atom. The van der Waals surface area contributed by atoms with E-state index in [1.54, 1.807) is 18.2 Å². The van der Waals surface area contributed by atoms with Gasteiger partial charge in [0.15, 0.2) is 5.82 Å². The molecule has 94 valence electrons. The van der Waals surface area contributed by atoms with Gasteiger partial charge in [0.2, 0.25) is 0 Å². The zero-order chi connectivity index (χ0) is 13.0. The van der Waals surface area contributed by atoms with E-state index in [0.717, 1.165) is 0 Å². The largest absolute Gasteiger partial charge is 0.496 e. The van der Waals surface area contributed by atoms with E-state index in [0.29, 0.717) is 22.8 Å². The fraction of sp³-hybridized carbons (Fsp3) is 0.200. The van der Waals surface area contributed by atoms with E-state index >= 15 is 0 Å². The van der Waals surface area contributed by atoms with Gasteiger partial charge < -0.3 is 15.8 Å². The van der Waals surface area contributed by atoms with Crippen molar-refractivity contribution in [3.8, 4) is 5.75 Å². The van der Waals surface area contributed by atoms with Crippen molar-refractivity contribution in [1.82, 2.24) is 25.9 Å². The number of ether oxygens (including phenoxy) is 1. The van der Waals surface area contributed by atoms with Crippen LogP contribution >= 0.6 is 0 Å². The zero-order valence-corrected chi connectivity index (χ0v) is 9.67. The third-order valence-corrected chi connectivity index (χ3v) is 2.27. The van der Waals surface area contributed by atoms with Gasteiger partial charge in [-0.3, -0.25) is 4.79 Å². The lowest BCUT2D eigenvalue weighted by atomic mass is 10.1. The molecule has 8 nitrogen and oxygen atoms in total. The number of nitrogens with zero attached hydrogens (tertiary/aromatic N) is 3. The van der Waals surface area contributed by atoms with E-state index < -0.39 is 0 Å². The summed E-state index contributed by atoms with van der Waals surface area (Å²) >= 11 is 0. The Hall–Kier alpha value is -2.64. The summed E-state index contributed by atoms with van der Waals surface area (Å²) in [5.74, 6) is 0.523. The molecule has 0 aliphatic heterocycles. The summed E-state index contributed by atoms with van der Waals surface area (Å²) in [5, 5.41) is 15.8. The Morgan fingerprint density at radius 3 is 3.06 bits per heavy atom. The van der Waals surface area contributed by atoms with E-state index in [1.807, 2.05) is 0 Å². The zero-order valence-electron chi connectivity index (χ0n) is 9.67. The number of amides is 1. The molecule has 2 aromatic rings.